The first-order chi connectivity index (χ1) is 7.13. The molecule has 1 aromatic carbocycles. The van der Waals surface area contributed by atoms with Crippen LogP contribution in [0.2, 0.25) is 5.02 Å². The van der Waals surface area contributed by atoms with Crippen molar-refractivity contribution in [2.24, 2.45) is 5.92 Å². The van der Waals surface area contributed by atoms with Crippen molar-refractivity contribution < 1.29 is 0 Å². The molecule has 2 aliphatic carbocycles. The van der Waals surface area contributed by atoms with Gasteiger partial charge in [0.2, 0.25) is 0 Å². The number of halogens is 1. The van der Waals surface area contributed by atoms with Crippen LogP contribution in [0.3, 0.4) is 0 Å². The Morgan fingerprint density at radius 3 is 2.73 bits per heavy atom. The lowest BCUT2D eigenvalue weighted by Crippen LogP contribution is -2.08. The predicted molar refractivity (Wildman–Crippen MR) is 64.6 cm³/mol. The van der Waals surface area contributed by atoms with Crippen LogP contribution in [0.25, 0.3) is 0 Å². The SMILES string of the molecule is Cc1cc(Cl)c(C)c(C23CCCC2C3)c1. The fourth-order valence-electron chi connectivity index (χ4n) is 3.53. The summed E-state index contributed by atoms with van der Waals surface area (Å²) in [5.74, 6) is 0.967. The van der Waals surface area contributed by atoms with E-state index < -0.39 is 0 Å². The van der Waals surface area contributed by atoms with Crippen molar-refractivity contribution in [2.75, 3.05) is 0 Å². The number of benzene rings is 1. The quantitative estimate of drug-likeness (QED) is 0.658. The summed E-state index contributed by atoms with van der Waals surface area (Å²) in [6.45, 7) is 4.33. The van der Waals surface area contributed by atoms with Gasteiger partial charge in [-0.25, -0.2) is 0 Å². The Hall–Kier alpha value is -0.490. The maximum Gasteiger partial charge on any atom is 0.0440 e. The van der Waals surface area contributed by atoms with Gasteiger partial charge in [0.05, 0.1) is 0 Å². The van der Waals surface area contributed by atoms with Gasteiger partial charge in [-0.2, -0.15) is 0 Å². The summed E-state index contributed by atoms with van der Waals surface area (Å²) in [6.07, 6.45) is 5.65. The zero-order valence-corrected chi connectivity index (χ0v) is 10.2. The Kier molecular flexibility index (Phi) is 1.95. The van der Waals surface area contributed by atoms with Gasteiger partial charge in [0.15, 0.2) is 0 Å². The van der Waals surface area contributed by atoms with E-state index in [2.05, 4.69) is 26.0 Å². The van der Waals surface area contributed by atoms with Crippen LogP contribution in [0.15, 0.2) is 12.1 Å². The van der Waals surface area contributed by atoms with Crippen molar-refractivity contribution >= 4 is 11.6 Å². The molecule has 0 aliphatic heterocycles. The van der Waals surface area contributed by atoms with Crippen LogP contribution in [-0.4, -0.2) is 0 Å². The zero-order valence-electron chi connectivity index (χ0n) is 9.44. The second kappa shape index (κ2) is 3.01. The van der Waals surface area contributed by atoms with E-state index in [4.69, 9.17) is 11.6 Å². The highest BCUT2D eigenvalue weighted by Gasteiger charge is 2.58. The lowest BCUT2D eigenvalue weighted by Gasteiger charge is -2.17. The summed E-state index contributed by atoms with van der Waals surface area (Å²) < 4.78 is 0. The van der Waals surface area contributed by atoms with Gasteiger partial charge >= 0.3 is 0 Å². The molecular formula is C14H17Cl. The molecule has 0 saturated heterocycles. The van der Waals surface area contributed by atoms with Gasteiger partial charge in [0.1, 0.15) is 0 Å². The molecule has 0 bridgehead atoms. The van der Waals surface area contributed by atoms with Crippen molar-refractivity contribution in [3.63, 3.8) is 0 Å². The molecule has 2 aliphatic rings. The van der Waals surface area contributed by atoms with Crippen LogP contribution in [0.4, 0.5) is 0 Å². The maximum absolute atomic E-state index is 6.28. The highest BCUT2D eigenvalue weighted by atomic mass is 35.5. The Bertz CT molecular complexity index is 422. The predicted octanol–water partition coefficient (Wildman–Crippen LogP) is 4.40. The Labute approximate surface area is 96.6 Å². The van der Waals surface area contributed by atoms with Crippen LogP contribution in [0.5, 0.6) is 0 Å². The minimum absolute atomic E-state index is 0.541. The van der Waals surface area contributed by atoms with Crippen molar-refractivity contribution in [2.45, 2.75) is 44.9 Å². The third-order valence-corrected chi connectivity index (χ3v) is 4.83. The number of fused-ring (bicyclic) bond motifs is 1. The molecule has 80 valence electrons. The summed E-state index contributed by atoms with van der Waals surface area (Å²) in [6, 6.07) is 4.45. The number of rotatable bonds is 1. The maximum atomic E-state index is 6.28. The van der Waals surface area contributed by atoms with Crippen molar-refractivity contribution in [3.05, 3.63) is 33.8 Å². The minimum atomic E-state index is 0.541. The minimum Gasteiger partial charge on any atom is -0.0840 e. The van der Waals surface area contributed by atoms with Gasteiger partial charge in [-0.05, 0) is 67.2 Å². The van der Waals surface area contributed by atoms with E-state index in [0.717, 1.165) is 10.9 Å². The average molecular weight is 221 g/mol. The van der Waals surface area contributed by atoms with Gasteiger partial charge in [-0.3, -0.25) is 0 Å². The average Bonchev–Trinajstić information content (AvgIpc) is 2.76. The summed E-state index contributed by atoms with van der Waals surface area (Å²) in [7, 11) is 0. The number of hydrogen-bond donors (Lipinski definition) is 0. The summed E-state index contributed by atoms with van der Waals surface area (Å²) in [4.78, 5) is 0. The highest BCUT2D eigenvalue weighted by molar-refractivity contribution is 6.31. The molecule has 0 amide bonds. The monoisotopic (exact) mass is 220 g/mol. The first-order valence-corrected chi connectivity index (χ1v) is 6.28. The first kappa shape index (κ1) is 9.72. The molecule has 2 fully saturated rings. The highest BCUT2D eigenvalue weighted by Crippen LogP contribution is 2.65. The fourth-order valence-corrected chi connectivity index (χ4v) is 3.80. The van der Waals surface area contributed by atoms with Crippen LogP contribution in [0.1, 0.15) is 42.4 Å². The van der Waals surface area contributed by atoms with E-state index in [0.29, 0.717) is 5.41 Å². The van der Waals surface area contributed by atoms with Gasteiger partial charge in [-0.15, -0.1) is 0 Å². The number of hydrogen-bond acceptors (Lipinski definition) is 0. The van der Waals surface area contributed by atoms with Crippen LogP contribution in [-0.2, 0) is 5.41 Å². The Morgan fingerprint density at radius 1 is 1.33 bits per heavy atom. The Balaban J connectivity index is 2.12. The molecule has 0 N–H and O–H groups in total. The molecule has 2 unspecified atom stereocenters. The van der Waals surface area contributed by atoms with Gasteiger partial charge in [-0.1, -0.05) is 24.1 Å². The summed E-state index contributed by atoms with van der Waals surface area (Å²) in [5, 5.41) is 0.955. The molecule has 0 radical (unpaired) electrons. The van der Waals surface area contributed by atoms with E-state index in [1.807, 2.05) is 0 Å². The van der Waals surface area contributed by atoms with Crippen LogP contribution < -0.4 is 0 Å². The first-order valence-electron chi connectivity index (χ1n) is 5.91. The molecule has 15 heavy (non-hydrogen) atoms. The van der Waals surface area contributed by atoms with E-state index in [-0.39, 0.29) is 0 Å². The van der Waals surface area contributed by atoms with Crippen molar-refractivity contribution in [1.82, 2.24) is 0 Å². The van der Waals surface area contributed by atoms with E-state index in [1.54, 1.807) is 5.56 Å². The molecular weight excluding hydrogens is 204 g/mol. The molecule has 0 spiro atoms. The van der Waals surface area contributed by atoms with E-state index >= 15 is 0 Å². The lowest BCUT2D eigenvalue weighted by molar-refractivity contribution is 0.652. The molecule has 0 nitrogen and oxygen atoms in total. The molecule has 0 aromatic heterocycles. The third-order valence-electron chi connectivity index (χ3n) is 4.43. The standard InChI is InChI=1S/C14H17Cl/c1-9-6-12(10(2)13(15)7-9)14-5-3-4-11(14)8-14/h6-7,11H,3-5,8H2,1-2H3. The summed E-state index contributed by atoms with van der Waals surface area (Å²) in [5.41, 5.74) is 4.73. The number of aryl methyl sites for hydroxylation is 1. The smallest absolute Gasteiger partial charge is 0.0440 e. The van der Waals surface area contributed by atoms with E-state index in [1.165, 1.54) is 36.8 Å². The molecule has 2 atom stereocenters. The van der Waals surface area contributed by atoms with Gasteiger partial charge in [0.25, 0.3) is 0 Å². The summed E-state index contributed by atoms with van der Waals surface area (Å²) >= 11 is 6.28. The molecule has 1 heteroatoms. The van der Waals surface area contributed by atoms with Gasteiger partial charge in [0, 0.05) is 5.02 Å². The largest absolute Gasteiger partial charge is 0.0840 e. The van der Waals surface area contributed by atoms with Crippen LogP contribution in [0, 0.1) is 19.8 Å². The van der Waals surface area contributed by atoms with Crippen molar-refractivity contribution in [3.8, 4) is 0 Å². The zero-order chi connectivity index (χ0) is 10.6. The second-order valence-corrected chi connectivity index (χ2v) is 5.78. The van der Waals surface area contributed by atoms with Crippen molar-refractivity contribution in [1.29, 1.82) is 0 Å². The van der Waals surface area contributed by atoms with Crippen LogP contribution >= 0.6 is 11.6 Å². The molecule has 2 saturated carbocycles. The second-order valence-electron chi connectivity index (χ2n) is 5.37. The topological polar surface area (TPSA) is 0 Å². The molecule has 3 rings (SSSR count). The Morgan fingerprint density at radius 2 is 2.13 bits per heavy atom. The van der Waals surface area contributed by atoms with E-state index in [9.17, 15) is 0 Å². The lowest BCUT2D eigenvalue weighted by atomic mass is 9.88. The normalized spacial score (nSPS) is 32.9. The third kappa shape index (κ3) is 1.27. The van der Waals surface area contributed by atoms with Gasteiger partial charge < -0.3 is 0 Å². The molecule has 1 aromatic rings. The molecule has 0 heterocycles. The fraction of sp³-hybridized carbons (Fsp3) is 0.571.